The molecule has 8 heteroatoms. The molecule has 0 saturated heterocycles. The number of carbonyl (C=O) groups is 3. The van der Waals surface area contributed by atoms with Crippen molar-refractivity contribution in [3.8, 4) is 11.1 Å². The summed E-state index contributed by atoms with van der Waals surface area (Å²) >= 11 is 0. The fraction of sp³-hybridized carbons (Fsp3) is 0.423. The van der Waals surface area contributed by atoms with E-state index in [1.807, 2.05) is 50.2 Å². The van der Waals surface area contributed by atoms with E-state index in [9.17, 15) is 14.4 Å². The molecule has 1 aliphatic carbocycles. The molecular formula is C26H32N2O6. The predicted octanol–water partition coefficient (Wildman–Crippen LogP) is 3.55. The quantitative estimate of drug-likeness (QED) is 0.465. The molecule has 1 aliphatic rings. The molecule has 3 N–H and O–H groups in total. The molecule has 8 nitrogen and oxygen atoms in total. The number of alkyl carbamates (subject to hydrolysis) is 1. The van der Waals surface area contributed by atoms with Crippen LogP contribution in [0.4, 0.5) is 4.79 Å². The SMILES string of the molecule is COC(CNC(=O)C(CCC(C)C)NC(=O)OCC1c2ccccc2-c2ccccc21)C(=O)O. The van der Waals surface area contributed by atoms with E-state index in [1.54, 1.807) is 0 Å². The molecular weight excluding hydrogens is 436 g/mol. The first-order valence-corrected chi connectivity index (χ1v) is 11.5. The van der Waals surface area contributed by atoms with Crippen molar-refractivity contribution in [1.82, 2.24) is 10.6 Å². The maximum absolute atomic E-state index is 12.7. The van der Waals surface area contributed by atoms with Gasteiger partial charge in [0.05, 0.1) is 6.54 Å². The summed E-state index contributed by atoms with van der Waals surface area (Å²) in [4.78, 5) is 36.5. The third kappa shape index (κ3) is 6.14. The van der Waals surface area contributed by atoms with Crippen LogP contribution in [0.15, 0.2) is 48.5 Å². The number of aliphatic carboxylic acids is 1. The van der Waals surface area contributed by atoms with Gasteiger partial charge in [-0.25, -0.2) is 9.59 Å². The Morgan fingerprint density at radius 1 is 0.971 bits per heavy atom. The van der Waals surface area contributed by atoms with Crippen molar-refractivity contribution < 1.29 is 29.0 Å². The number of hydrogen-bond acceptors (Lipinski definition) is 5. The molecule has 2 amide bonds. The van der Waals surface area contributed by atoms with Crippen molar-refractivity contribution in [1.29, 1.82) is 0 Å². The van der Waals surface area contributed by atoms with Gasteiger partial charge in [-0.1, -0.05) is 62.4 Å². The van der Waals surface area contributed by atoms with Crippen LogP contribution in [-0.4, -0.2) is 55.5 Å². The molecule has 0 aromatic heterocycles. The lowest BCUT2D eigenvalue weighted by Crippen LogP contribution is -2.49. The number of fused-ring (bicyclic) bond motifs is 3. The summed E-state index contributed by atoms with van der Waals surface area (Å²) in [6.45, 7) is 3.99. The highest BCUT2D eigenvalue weighted by atomic mass is 16.5. The monoisotopic (exact) mass is 468 g/mol. The van der Waals surface area contributed by atoms with Crippen molar-refractivity contribution in [3.63, 3.8) is 0 Å². The third-order valence-electron chi connectivity index (χ3n) is 6.01. The number of ether oxygens (including phenoxy) is 2. The van der Waals surface area contributed by atoms with Crippen LogP contribution in [0.1, 0.15) is 43.7 Å². The van der Waals surface area contributed by atoms with Crippen LogP contribution < -0.4 is 10.6 Å². The summed E-state index contributed by atoms with van der Waals surface area (Å²) in [6, 6.07) is 15.3. The van der Waals surface area contributed by atoms with Gasteiger partial charge in [-0.3, -0.25) is 4.79 Å². The summed E-state index contributed by atoms with van der Waals surface area (Å²) < 4.78 is 10.4. The average Bonchev–Trinajstić information content (AvgIpc) is 3.14. The Bertz CT molecular complexity index is 976. The van der Waals surface area contributed by atoms with E-state index in [4.69, 9.17) is 14.6 Å². The minimum atomic E-state index is -1.17. The highest BCUT2D eigenvalue weighted by molar-refractivity contribution is 5.86. The number of carbonyl (C=O) groups excluding carboxylic acids is 2. The molecule has 2 atom stereocenters. The van der Waals surface area contributed by atoms with Gasteiger partial charge in [0.2, 0.25) is 5.91 Å². The van der Waals surface area contributed by atoms with Crippen LogP contribution in [-0.2, 0) is 19.1 Å². The smallest absolute Gasteiger partial charge is 0.407 e. The van der Waals surface area contributed by atoms with E-state index in [-0.39, 0.29) is 19.1 Å². The molecule has 0 fully saturated rings. The van der Waals surface area contributed by atoms with E-state index >= 15 is 0 Å². The predicted molar refractivity (Wildman–Crippen MR) is 128 cm³/mol. The summed E-state index contributed by atoms with van der Waals surface area (Å²) in [5, 5.41) is 14.3. The van der Waals surface area contributed by atoms with E-state index in [0.717, 1.165) is 22.3 Å². The Morgan fingerprint density at radius 3 is 2.09 bits per heavy atom. The lowest BCUT2D eigenvalue weighted by molar-refractivity contribution is -0.148. The van der Waals surface area contributed by atoms with E-state index in [1.165, 1.54) is 7.11 Å². The molecule has 0 radical (unpaired) electrons. The summed E-state index contributed by atoms with van der Waals surface area (Å²) in [6.07, 6.45) is -0.747. The van der Waals surface area contributed by atoms with Crippen LogP contribution in [0.2, 0.25) is 0 Å². The Hall–Kier alpha value is -3.39. The maximum atomic E-state index is 12.7. The van der Waals surface area contributed by atoms with Crippen LogP contribution >= 0.6 is 0 Å². The molecule has 182 valence electrons. The van der Waals surface area contributed by atoms with Crippen LogP contribution in [0.25, 0.3) is 11.1 Å². The van der Waals surface area contributed by atoms with E-state index < -0.39 is 30.1 Å². The zero-order valence-corrected chi connectivity index (χ0v) is 19.7. The van der Waals surface area contributed by atoms with Crippen molar-refractivity contribution in [2.75, 3.05) is 20.3 Å². The number of rotatable bonds is 11. The van der Waals surface area contributed by atoms with Gasteiger partial charge >= 0.3 is 12.1 Å². The molecule has 34 heavy (non-hydrogen) atoms. The van der Waals surface area contributed by atoms with Gasteiger partial charge in [-0.2, -0.15) is 0 Å². The van der Waals surface area contributed by atoms with Gasteiger partial charge in [0.15, 0.2) is 6.10 Å². The molecule has 2 aromatic rings. The molecule has 0 spiro atoms. The van der Waals surface area contributed by atoms with Crippen molar-refractivity contribution in [2.24, 2.45) is 5.92 Å². The van der Waals surface area contributed by atoms with Crippen molar-refractivity contribution >= 4 is 18.0 Å². The Labute approximate surface area is 199 Å². The van der Waals surface area contributed by atoms with E-state index in [2.05, 4.69) is 22.8 Å². The molecule has 0 bridgehead atoms. The Kier molecular flexibility index (Phi) is 8.65. The number of hydrogen-bond donors (Lipinski definition) is 3. The molecule has 2 unspecified atom stereocenters. The van der Waals surface area contributed by atoms with Gasteiger partial charge in [0, 0.05) is 13.0 Å². The normalized spacial score (nSPS) is 14.1. The zero-order chi connectivity index (χ0) is 24.7. The van der Waals surface area contributed by atoms with E-state index in [0.29, 0.717) is 18.8 Å². The Morgan fingerprint density at radius 2 is 1.56 bits per heavy atom. The highest BCUT2D eigenvalue weighted by Gasteiger charge is 2.30. The second kappa shape index (κ2) is 11.7. The first-order valence-electron chi connectivity index (χ1n) is 11.5. The van der Waals surface area contributed by atoms with Gasteiger partial charge in [-0.05, 0) is 41.0 Å². The molecule has 0 heterocycles. The zero-order valence-electron chi connectivity index (χ0n) is 19.7. The molecule has 2 aromatic carbocycles. The molecule has 0 saturated carbocycles. The molecule has 0 aliphatic heterocycles. The topological polar surface area (TPSA) is 114 Å². The first-order chi connectivity index (χ1) is 16.3. The van der Waals surface area contributed by atoms with Gasteiger partial charge in [0.25, 0.3) is 0 Å². The van der Waals surface area contributed by atoms with Crippen LogP contribution in [0, 0.1) is 5.92 Å². The minimum absolute atomic E-state index is 0.0841. The minimum Gasteiger partial charge on any atom is -0.479 e. The fourth-order valence-corrected chi connectivity index (χ4v) is 4.14. The lowest BCUT2D eigenvalue weighted by atomic mass is 9.98. The van der Waals surface area contributed by atoms with Gasteiger partial charge in [-0.15, -0.1) is 0 Å². The number of nitrogens with one attached hydrogen (secondary N) is 2. The average molecular weight is 469 g/mol. The summed E-state index contributed by atoms with van der Waals surface area (Å²) in [5.74, 6) is -1.41. The summed E-state index contributed by atoms with van der Waals surface area (Å²) in [5.41, 5.74) is 4.47. The van der Waals surface area contributed by atoms with Crippen LogP contribution in [0.5, 0.6) is 0 Å². The standard InChI is InChI=1S/C26H32N2O6/c1-16(2)12-13-22(24(29)27-14-23(33-3)25(30)31)28-26(32)34-15-21-19-10-6-4-8-17(19)18-9-5-7-11-20(18)21/h4-11,16,21-23H,12-15H2,1-3H3,(H,27,29)(H,28,32)(H,30,31). The second-order valence-corrected chi connectivity index (χ2v) is 8.80. The second-order valence-electron chi connectivity index (χ2n) is 8.80. The Balaban J connectivity index is 1.63. The largest absolute Gasteiger partial charge is 0.479 e. The fourth-order valence-electron chi connectivity index (χ4n) is 4.14. The van der Waals surface area contributed by atoms with Gasteiger partial charge < -0.3 is 25.2 Å². The van der Waals surface area contributed by atoms with Crippen molar-refractivity contribution in [2.45, 2.75) is 44.8 Å². The molecule has 3 rings (SSSR count). The van der Waals surface area contributed by atoms with Crippen LogP contribution in [0.3, 0.4) is 0 Å². The number of methoxy groups -OCH3 is 1. The maximum Gasteiger partial charge on any atom is 0.407 e. The van der Waals surface area contributed by atoms with Crippen molar-refractivity contribution in [3.05, 3.63) is 59.7 Å². The number of benzene rings is 2. The third-order valence-corrected chi connectivity index (χ3v) is 6.01. The number of carboxylic acid groups (broad SMARTS) is 1. The summed E-state index contributed by atoms with van der Waals surface area (Å²) in [7, 11) is 1.26. The lowest BCUT2D eigenvalue weighted by Gasteiger charge is -2.21. The number of carboxylic acids is 1. The number of amides is 2. The first kappa shape index (κ1) is 25.2. The van der Waals surface area contributed by atoms with Gasteiger partial charge in [0.1, 0.15) is 12.6 Å². The highest BCUT2D eigenvalue weighted by Crippen LogP contribution is 2.44.